The average Bonchev–Trinajstić information content (AvgIpc) is 2.80. The van der Waals surface area contributed by atoms with E-state index in [1.165, 1.54) is 10.9 Å². The van der Waals surface area contributed by atoms with Crippen LogP contribution >= 0.6 is 0 Å². The van der Waals surface area contributed by atoms with Crippen molar-refractivity contribution < 1.29 is 18.0 Å². The molecule has 0 radical (unpaired) electrons. The molecule has 10 heteroatoms. The highest BCUT2D eigenvalue weighted by Crippen LogP contribution is 2.25. The van der Waals surface area contributed by atoms with Gasteiger partial charge < -0.3 is 5.73 Å². The molecule has 3 N–H and O–H groups in total. The zero-order valence-electron chi connectivity index (χ0n) is 11.7. The zero-order chi connectivity index (χ0) is 15.8. The number of nitrogen functional groups attached to an aromatic ring is 1. The summed E-state index contributed by atoms with van der Waals surface area (Å²) >= 11 is 0. The van der Waals surface area contributed by atoms with Crippen molar-refractivity contribution in [1.29, 1.82) is 0 Å². The van der Waals surface area contributed by atoms with E-state index in [1.54, 1.807) is 13.8 Å². The predicted molar refractivity (Wildman–Crippen MR) is 73.4 cm³/mol. The molecule has 1 aliphatic rings. The third kappa shape index (κ3) is 2.63. The van der Waals surface area contributed by atoms with E-state index < -0.39 is 34.4 Å². The molecule has 0 spiro atoms. The largest absolute Gasteiger partial charge is 0.381 e. The first-order chi connectivity index (χ1) is 9.81. The van der Waals surface area contributed by atoms with Gasteiger partial charge in [-0.15, -0.1) is 0 Å². The van der Waals surface area contributed by atoms with Crippen molar-refractivity contribution >= 4 is 27.7 Å². The monoisotopic (exact) mass is 315 g/mol. The number of nitrogens with one attached hydrogen (secondary N) is 1. The van der Waals surface area contributed by atoms with Crippen molar-refractivity contribution in [2.24, 2.45) is 0 Å². The number of anilines is 1. The smallest absolute Gasteiger partial charge is 0.249 e. The molecule has 0 saturated carbocycles. The predicted octanol–water partition coefficient (Wildman–Crippen LogP) is -1.09. The van der Waals surface area contributed by atoms with Crippen LogP contribution in [0.4, 0.5) is 5.82 Å². The Balaban J connectivity index is 2.47. The molecule has 1 aromatic heterocycles. The number of aryl methyl sites for hydroxylation is 1. The lowest BCUT2D eigenvalue weighted by atomic mass is 10.2. The zero-order valence-corrected chi connectivity index (χ0v) is 12.6. The summed E-state index contributed by atoms with van der Waals surface area (Å²) in [4.78, 5) is 23.1. The number of nitrogens with zero attached hydrogens (tertiary/aromatic N) is 3. The maximum Gasteiger partial charge on any atom is 0.249 e. The fourth-order valence-corrected chi connectivity index (χ4v) is 3.87. The highest BCUT2D eigenvalue weighted by Gasteiger charge is 2.41. The van der Waals surface area contributed by atoms with Gasteiger partial charge in [-0.05, 0) is 13.3 Å². The molecule has 1 unspecified atom stereocenters. The lowest BCUT2D eigenvalue weighted by molar-refractivity contribution is -0.137. The van der Waals surface area contributed by atoms with Crippen LogP contribution in [0.25, 0.3) is 0 Å². The lowest BCUT2D eigenvalue weighted by Gasteiger charge is -2.31. The number of imide groups is 1. The van der Waals surface area contributed by atoms with Crippen molar-refractivity contribution in [2.45, 2.75) is 37.8 Å². The molecule has 2 amide bonds. The first kappa shape index (κ1) is 15.4. The van der Waals surface area contributed by atoms with E-state index in [9.17, 15) is 18.0 Å². The molecule has 2 heterocycles. The minimum atomic E-state index is -4.07. The number of nitrogens with two attached hydrogens (primary N) is 1. The average molecular weight is 315 g/mol. The van der Waals surface area contributed by atoms with Crippen LogP contribution in [0.15, 0.2) is 11.1 Å². The molecule has 1 saturated heterocycles. The second-order valence-corrected chi connectivity index (χ2v) is 6.48. The fourth-order valence-electron chi connectivity index (χ4n) is 2.19. The molecule has 21 heavy (non-hydrogen) atoms. The maximum absolute atomic E-state index is 12.7. The number of carbonyl (C=O) groups excluding carboxylic acids is 2. The minimum Gasteiger partial charge on any atom is -0.381 e. The van der Waals surface area contributed by atoms with Gasteiger partial charge in [0.15, 0.2) is 5.82 Å². The molecule has 9 nitrogen and oxygen atoms in total. The van der Waals surface area contributed by atoms with Crippen LogP contribution in [0, 0.1) is 0 Å². The molecule has 1 aromatic rings. The van der Waals surface area contributed by atoms with Crippen LogP contribution in [0.1, 0.15) is 20.3 Å². The van der Waals surface area contributed by atoms with E-state index in [0.717, 1.165) is 4.31 Å². The first-order valence-electron chi connectivity index (χ1n) is 6.49. The van der Waals surface area contributed by atoms with Gasteiger partial charge in [-0.2, -0.15) is 9.40 Å². The van der Waals surface area contributed by atoms with Gasteiger partial charge in [-0.1, -0.05) is 6.92 Å². The van der Waals surface area contributed by atoms with Crippen LogP contribution in [-0.4, -0.2) is 46.9 Å². The van der Waals surface area contributed by atoms with Crippen molar-refractivity contribution in [3.63, 3.8) is 0 Å². The number of amides is 2. The quantitative estimate of drug-likeness (QED) is 0.680. The minimum absolute atomic E-state index is 0.148. The Morgan fingerprint density at radius 3 is 2.62 bits per heavy atom. The third-order valence-corrected chi connectivity index (χ3v) is 5.14. The summed E-state index contributed by atoms with van der Waals surface area (Å²) in [5.41, 5.74) is 5.64. The van der Waals surface area contributed by atoms with Gasteiger partial charge >= 0.3 is 0 Å². The van der Waals surface area contributed by atoms with Crippen molar-refractivity contribution in [1.82, 2.24) is 19.4 Å². The Morgan fingerprint density at radius 2 is 2.10 bits per heavy atom. The Bertz CT molecular complexity index is 681. The van der Waals surface area contributed by atoms with Crippen LogP contribution in [0.2, 0.25) is 0 Å². The Kier molecular flexibility index (Phi) is 4.01. The summed E-state index contributed by atoms with van der Waals surface area (Å²) in [5.74, 6) is -1.43. The number of hydrogen-bond acceptors (Lipinski definition) is 6. The highest BCUT2D eigenvalue weighted by atomic mass is 32.2. The van der Waals surface area contributed by atoms with E-state index in [2.05, 4.69) is 10.4 Å². The number of rotatable bonds is 4. The van der Waals surface area contributed by atoms with Gasteiger partial charge in [-0.3, -0.25) is 19.6 Å². The van der Waals surface area contributed by atoms with Crippen molar-refractivity contribution in [3.05, 3.63) is 6.20 Å². The molecule has 1 fully saturated rings. The molecular weight excluding hydrogens is 298 g/mol. The molecule has 0 bridgehead atoms. The molecule has 116 valence electrons. The van der Waals surface area contributed by atoms with Crippen LogP contribution in [0.5, 0.6) is 0 Å². The Hall–Kier alpha value is -1.94. The summed E-state index contributed by atoms with van der Waals surface area (Å²) in [5, 5.41) is 6.01. The number of aromatic nitrogens is 2. The standard InChI is InChI=1S/C11H17N5O4S/c1-3-7-11(18)13-9(17)6-16(7)21(19,20)8-5-15(4-2)14-10(8)12/h5,7H,3-4,6H2,1-2H3,(H2,12,14)(H,13,17,18). The summed E-state index contributed by atoms with van der Waals surface area (Å²) < 4.78 is 27.6. The second kappa shape index (κ2) is 5.45. The topological polar surface area (TPSA) is 127 Å². The SMILES string of the molecule is CCC1C(=O)NC(=O)CN1S(=O)(=O)c1cn(CC)nc1N. The van der Waals surface area contributed by atoms with Crippen LogP contribution in [-0.2, 0) is 26.2 Å². The van der Waals surface area contributed by atoms with Crippen molar-refractivity contribution in [3.8, 4) is 0 Å². The number of hydrogen-bond donors (Lipinski definition) is 2. The van der Waals surface area contributed by atoms with E-state index in [4.69, 9.17) is 5.73 Å². The number of piperazine rings is 1. The first-order valence-corrected chi connectivity index (χ1v) is 7.93. The van der Waals surface area contributed by atoms with E-state index in [0.29, 0.717) is 6.54 Å². The van der Waals surface area contributed by atoms with Crippen molar-refractivity contribution in [2.75, 3.05) is 12.3 Å². The van der Waals surface area contributed by atoms with Gasteiger partial charge in [0.2, 0.25) is 21.8 Å². The van der Waals surface area contributed by atoms with Gasteiger partial charge in [-0.25, -0.2) is 8.42 Å². The molecular formula is C11H17N5O4S. The maximum atomic E-state index is 12.7. The highest BCUT2D eigenvalue weighted by molar-refractivity contribution is 7.89. The molecule has 1 aliphatic heterocycles. The van der Waals surface area contributed by atoms with Crippen LogP contribution < -0.4 is 11.1 Å². The normalized spacial score (nSPS) is 20.6. The summed E-state index contributed by atoms with van der Waals surface area (Å²) in [6.07, 6.45) is 1.55. The van der Waals surface area contributed by atoms with Gasteiger partial charge in [0.05, 0.1) is 6.54 Å². The Labute approximate surface area is 122 Å². The van der Waals surface area contributed by atoms with E-state index in [1.807, 2.05) is 0 Å². The molecule has 0 aromatic carbocycles. The molecule has 2 rings (SSSR count). The molecule has 0 aliphatic carbocycles. The lowest BCUT2D eigenvalue weighted by Crippen LogP contribution is -2.59. The van der Waals surface area contributed by atoms with Crippen LogP contribution in [0.3, 0.4) is 0 Å². The third-order valence-electron chi connectivity index (χ3n) is 3.26. The number of sulfonamides is 1. The summed E-state index contributed by atoms with van der Waals surface area (Å²) in [6, 6.07) is -0.933. The number of carbonyl (C=O) groups is 2. The summed E-state index contributed by atoms with van der Waals surface area (Å²) in [7, 11) is -4.07. The Morgan fingerprint density at radius 1 is 1.43 bits per heavy atom. The summed E-state index contributed by atoms with van der Waals surface area (Å²) in [6.45, 7) is 3.50. The molecule has 1 atom stereocenters. The van der Waals surface area contributed by atoms with E-state index in [-0.39, 0.29) is 17.1 Å². The van der Waals surface area contributed by atoms with E-state index >= 15 is 0 Å². The van der Waals surface area contributed by atoms with Gasteiger partial charge in [0.25, 0.3) is 0 Å². The van der Waals surface area contributed by atoms with Gasteiger partial charge in [0, 0.05) is 12.7 Å². The fraction of sp³-hybridized carbons (Fsp3) is 0.545. The van der Waals surface area contributed by atoms with Gasteiger partial charge in [0.1, 0.15) is 10.9 Å². The second-order valence-electron chi connectivity index (χ2n) is 4.62.